The van der Waals surface area contributed by atoms with Gasteiger partial charge in [-0.2, -0.15) is 0 Å². The van der Waals surface area contributed by atoms with E-state index < -0.39 is 0 Å². The smallest absolute Gasteiger partial charge is 0.185 e. The molecule has 1 unspecified atom stereocenters. The van der Waals surface area contributed by atoms with Crippen LogP contribution in [0.3, 0.4) is 0 Å². The van der Waals surface area contributed by atoms with Gasteiger partial charge in [-0.1, -0.05) is 62.7 Å². The van der Waals surface area contributed by atoms with E-state index in [4.69, 9.17) is 0 Å². The Labute approximate surface area is 135 Å². The molecule has 0 aliphatic carbocycles. The Kier molecular flexibility index (Phi) is 4.87. The molecule has 0 amide bonds. The van der Waals surface area contributed by atoms with Crippen LogP contribution in [0.2, 0.25) is 0 Å². The molecule has 0 bridgehead atoms. The molecule has 116 valence electrons. The molecule has 0 saturated heterocycles. The van der Waals surface area contributed by atoms with E-state index in [1.165, 1.54) is 27.6 Å². The van der Waals surface area contributed by atoms with E-state index in [-0.39, 0.29) is 19.5 Å². The van der Waals surface area contributed by atoms with Crippen molar-refractivity contribution in [1.29, 1.82) is 0 Å². The summed E-state index contributed by atoms with van der Waals surface area (Å²) in [6.45, 7) is 12.8. The van der Waals surface area contributed by atoms with Crippen molar-refractivity contribution in [2.75, 3.05) is 0 Å². The lowest BCUT2D eigenvalue weighted by Crippen LogP contribution is -2.12. The van der Waals surface area contributed by atoms with E-state index in [1.54, 1.807) is 0 Å². The topological polar surface area (TPSA) is 17.1 Å². The molecule has 0 N–H and O–H groups in total. The van der Waals surface area contributed by atoms with Crippen LogP contribution < -0.4 is 5.30 Å². The Morgan fingerprint density at radius 2 is 1.41 bits per heavy atom. The highest BCUT2D eigenvalue weighted by atomic mass is 31.1. The summed E-state index contributed by atoms with van der Waals surface area (Å²) in [4.78, 5) is 12.6. The molecule has 22 heavy (non-hydrogen) atoms. The molecule has 0 aliphatic rings. The molecule has 0 saturated carbocycles. The van der Waals surface area contributed by atoms with E-state index in [2.05, 4.69) is 65.8 Å². The fourth-order valence-corrected chi connectivity index (χ4v) is 3.76. The van der Waals surface area contributed by atoms with Crippen molar-refractivity contribution in [2.45, 2.75) is 47.0 Å². The van der Waals surface area contributed by atoms with Gasteiger partial charge in [-0.3, -0.25) is 4.79 Å². The summed E-state index contributed by atoms with van der Waals surface area (Å²) in [5, 5.41) is 1.19. The fourth-order valence-electron chi connectivity index (χ4n) is 2.68. The zero-order valence-electron chi connectivity index (χ0n) is 14.4. The minimum absolute atomic E-state index is 0.119. The lowest BCUT2D eigenvalue weighted by atomic mass is 9.87. The first-order chi connectivity index (χ1) is 10.2. The van der Waals surface area contributed by atoms with Gasteiger partial charge in [0.05, 0.1) is 0 Å². The lowest BCUT2D eigenvalue weighted by Gasteiger charge is -2.19. The normalized spacial score (nSPS) is 12.1. The molecule has 2 aromatic carbocycles. The number of hydrogen-bond donors (Lipinski definition) is 0. The molecule has 0 radical (unpaired) electrons. The number of carbonyl (C=O) groups excluding carboxylic acids is 1. The van der Waals surface area contributed by atoms with Gasteiger partial charge in [0.25, 0.3) is 0 Å². The van der Waals surface area contributed by atoms with E-state index in [0.29, 0.717) is 0 Å². The molecule has 1 atom stereocenters. The van der Waals surface area contributed by atoms with Gasteiger partial charge in [0.1, 0.15) is 0 Å². The highest BCUT2D eigenvalue weighted by Gasteiger charge is 2.15. The molecular formula is C20H25OP. The second-order valence-corrected chi connectivity index (χ2v) is 8.26. The Bertz CT molecular complexity index is 668. The van der Waals surface area contributed by atoms with Crippen molar-refractivity contribution >= 4 is 19.4 Å². The van der Waals surface area contributed by atoms with Crippen molar-refractivity contribution in [3.63, 3.8) is 0 Å². The van der Waals surface area contributed by atoms with Gasteiger partial charge in [-0.05, 0) is 56.8 Å². The highest BCUT2D eigenvalue weighted by molar-refractivity contribution is 7.66. The summed E-state index contributed by atoms with van der Waals surface area (Å²) in [6, 6.07) is 12.4. The highest BCUT2D eigenvalue weighted by Crippen LogP contribution is 2.26. The van der Waals surface area contributed by atoms with Gasteiger partial charge in [0.2, 0.25) is 0 Å². The molecule has 0 spiro atoms. The van der Waals surface area contributed by atoms with Crippen LogP contribution in [0.5, 0.6) is 0 Å². The summed E-state index contributed by atoms with van der Waals surface area (Å²) >= 11 is 0. The quantitative estimate of drug-likeness (QED) is 0.725. The maximum atomic E-state index is 12.6. The van der Waals surface area contributed by atoms with Gasteiger partial charge in [0.15, 0.2) is 5.52 Å². The molecule has 0 aromatic heterocycles. The number of benzene rings is 2. The summed E-state index contributed by atoms with van der Waals surface area (Å²) in [7, 11) is 0.194. The monoisotopic (exact) mass is 312 g/mol. The van der Waals surface area contributed by atoms with Crippen LogP contribution in [0.25, 0.3) is 0 Å². The average Bonchev–Trinajstić information content (AvgIpc) is 2.41. The average molecular weight is 312 g/mol. The Balaban J connectivity index is 2.23. The maximum Gasteiger partial charge on any atom is 0.185 e. The number of aryl methyl sites for hydroxylation is 3. The number of rotatable bonds is 3. The maximum absolute atomic E-state index is 12.6. The Morgan fingerprint density at radius 3 is 1.86 bits per heavy atom. The van der Waals surface area contributed by atoms with E-state index >= 15 is 0 Å². The van der Waals surface area contributed by atoms with Crippen molar-refractivity contribution in [3.8, 4) is 0 Å². The van der Waals surface area contributed by atoms with Crippen molar-refractivity contribution in [2.24, 2.45) is 0 Å². The van der Waals surface area contributed by atoms with Crippen molar-refractivity contribution in [3.05, 3.63) is 64.2 Å². The van der Waals surface area contributed by atoms with Gasteiger partial charge in [-0.25, -0.2) is 0 Å². The first-order valence-electron chi connectivity index (χ1n) is 7.68. The second kappa shape index (κ2) is 6.34. The van der Waals surface area contributed by atoms with Crippen LogP contribution in [0, 0.1) is 20.8 Å². The van der Waals surface area contributed by atoms with Crippen molar-refractivity contribution < 1.29 is 4.79 Å². The molecule has 0 aliphatic heterocycles. The van der Waals surface area contributed by atoms with Crippen LogP contribution >= 0.6 is 8.58 Å². The van der Waals surface area contributed by atoms with Gasteiger partial charge >= 0.3 is 0 Å². The van der Waals surface area contributed by atoms with E-state index in [9.17, 15) is 4.79 Å². The molecule has 2 heteroatoms. The van der Waals surface area contributed by atoms with E-state index in [0.717, 1.165) is 5.56 Å². The molecule has 2 aromatic rings. The first kappa shape index (κ1) is 16.9. The van der Waals surface area contributed by atoms with Crippen LogP contribution in [0.15, 0.2) is 36.4 Å². The second-order valence-electron chi connectivity index (χ2n) is 7.06. The summed E-state index contributed by atoms with van der Waals surface area (Å²) in [5.41, 5.74) is 6.10. The van der Waals surface area contributed by atoms with Gasteiger partial charge in [-0.15, -0.1) is 0 Å². The molecule has 2 rings (SSSR count). The minimum atomic E-state index is 0.119. The van der Waals surface area contributed by atoms with Crippen LogP contribution in [-0.4, -0.2) is 5.52 Å². The first-order valence-corrected chi connectivity index (χ1v) is 8.68. The summed E-state index contributed by atoms with van der Waals surface area (Å²) in [5.74, 6) is 0. The van der Waals surface area contributed by atoms with Crippen LogP contribution in [0.1, 0.15) is 53.4 Å². The fraction of sp³-hybridized carbons (Fsp3) is 0.350. The number of hydrogen-bond acceptors (Lipinski definition) is 1. The molecule has 0 heterocycles. The van der Waals surface area contributed by atoms with Crippen molar-refractivity contribution in [1.82, 2.24) is 0 Å². The summed E-state index contributed by atoms with van der Waals surface area (Å²) < 4.78 is 0. The standard InChI is InChI=1S/C20H25OP/c1-13-11-14(2)18(15(3)12-13)22-19(21)16-7-9-17(10-8-16)20(4,5)6/h7-12,22H,1-6H3. The Hall–Kier alpha value is -1.46. The predicted octanol–water partition coefficient (Wildman–Crippen LogP) is 5.05. The SMILES string of the molecule is Cc1cc(C)c(PC(=O)c2ccc(C(C)(C)C)cc2)c(C)c1. The zero-order valence-corrected chi connectivity index (χ0v) is 15.4. The predicted molar refractivity (Wildman–Crippen MR) is 98.1 cm³/mol. The van der Waals surface area contributed by atoms with Crippen LogP contribution in [0.4, 0.5) is 0 Å². The molecule has 1 nitrogen and oxygen atoms in total. The van der Waals surface area contributed by atoms with Crippen LogP contribution in [-0.2, 0) is 5.41 Å². The molecular weight excluding hydrogens is 287 g/mol. The van der Waals surface area contributed by atoms with E-state index in [1.807, 2.05) is 12.1 Å². The van der Waals surface area contributed by atoms with Gasteiger partial charge < -0.3 is 0 Å². The third-order valence-corrected chi connectivity index (χ3v) is 5.48. The molecule has 0 fully saturated rings. The van der Waals surface area contributed by atoms with Gasteiger partial charge in [0, 0.05) is 5.56 Å². The Morgan fingerprint density at radius 1 is 0.909 bits per heavy atom. The minimum Gasteiger partial charge on any atom is -0.289 e. The summed E-state index contributed by atoms with van der Waals surface area (Å²) in [6.07, 6.45) is 0. The number of carbonyl (C=O) groups is 1. The third-order valence-electron chi connectivity index (χ3n) is 3.93. The largest absolute Gasteiger partial charge is 0.289 e. The third kappa shape index (κ3) is 3.84. The zero-order chi connectivity index (χ0) is 16.5. The lowest BCUT2D eigenvalue weighted by molar-refractivity contribution is 0.108.